The van der Waals surface area contributed by atoms with E-state index in [9.17, 15) is 8.42 Å². The number of benzene rings is 3. The Balaban J connectivity index is 1.78. The molecule has 1 fully saturated rings. The van der Waals surface area contributed by atoms with Crippen LogP contribution in [0, 0.1) is 6.92 Å². The maximum Gasteiger partial charge on any atom is 0.244 e. The van der Waals surface area contributed by atoms with Gasteiger partial charge in [-0.1, -0.05) is 78.4 Å². The van der Waals surface area contributed by atoms with Crippen molar-refractivity contribution in [2.75, 3.05) is 13.6 Å². The van der Waals surface area contributed by atoms with Crippen molar-refractivity contribution in [3.05, 3.63) is 102 Å². The van der Waals surface area contributed by atoms with Crippen molar-refractivity contribution in [3.8, 4) is 0 Å². The average Bonchev–Trinajstić information content (AvgIpc) is 2.74. The summed E-state index contributed by atoms with van der Waals surface area (Å²) in [7, 11) is -1.96. The smallest absolute Gasteiger partial charge is 0.244 e. The van der Waals surface area contributed by atoms with Gasteiger partial charge >= 0.3 is 0 Å². The maximum absolute atomic E-state index is 13.6. The van der Waals surface area contributed by atoms with Crippen LogP contribution in [0.4, 0.5) is 0 Å². The molecule has 0 saturated carbocycles. The van der Waals surface area contributed by atoms with Crippen LogP contribution >= 0.6 is 0 Å². The van der Waals surface area contributed by atoms with E-state index in [1.54, 1.807) is 24.2 Å². The zero-order chi connectivity index (χ0) is 20.4. The third kappa shape index (κ3) is 3.97. The van der Waals surface area contributed by atoms with Gasteiger partial charge in [0, 0.05) is 13.6 Å². The first kappa shape index (κ1) is 19.8. The summed E-state index contributed by atoms with van der Waals surface area (Å²) in [6.07, 6.45) is -0.941. The fourth-order valence-electron chi connectivity index (χ4n) is 3.65. The summed E-state index contributed by atoms with van der Waals surface area (Å²) in [6.45, 7) is 2.17. The Morgan fingerprint density at radius 1 is 0.828 bits per heavy atom. The molecule has 29 heavy (non-hydrogen) atoms. The monoisotopic (exact) mass is 408 g/mol. The number of rotatable bonds is 4. The molecule has 0 aromatic heterocycles. The van der Waals surface area contributed by atoms with Crippen molar-refractivity contribution in [2.45, 2.75) is 24.1 Å². The molecule has 0 N–H and O–H groups in total. The predicted molar refractivity (Wildman–Crippen MR) is 112 cm³/mol. The van der Waals surface area contributed by atoms with Crippen molar-refractivity contribution in [2.24, 2.45) is 0 Å². The topological polar surface area (TPSA) is 49.9 Å². The third-order valence-electron chi connectivity index (χ3n) is 5.15. The lowest BCUT2D eigenvalue weighted by Gasteiger charge is -2.44. The quantitative estimate of drug-likeness (QED) is 0.646. The molecular weight excluding hydrogens is 384 g/mol. The minimum Gasteiger partial charge on any atom is -0.288 e. The molecular formula is C23H24N2O3S. The van der Waals surface area contributed by atoms with Gasteiger partial charge in [0.1, 0.15) is 12.3 Å². The molecule has 1 heterocycles. The largest absolute Gasteiger partial charge is 0.288 e. The van der Waals surface area contributed by atoms with Crippen molar-refractivity contribution < 1.29 is 13.3 Å². The van der Waals surface area contributed by atoms with Gasteiger partial charge in [-0.15, -0.1) is 0 Å². The van der Waals surface area contributed by atoms with Crippen LogP contribution < -0.4 is 0 Å². The zero-order valence-electron chi connectivity index (χ0n) is 16.5. The van der Waals surface area contributed by atoms with Crippen LogP contribution in [0.3, 0.4) is 0 Å². The molecule has 2 atom stereocenters. The van der Waals surface area contributed by atoms with E-state index in [1.807, 2.05) is 79.7 Å². The fraction of sp³-hybridized carbons (Fsp3) is 0.217. The molecule has 0 amide bonds. The molecule has 1 saturated heterocycles. The summed E-state index contributed by atoms with van der Waals surface area (Å²) in [6, 6.07) is 26.3. The third-order valence-corrected chi connectivity index (χ3v) is 6.99. The molecule has 4 rings (SSSR count). The van der Waals surface area contributed by atoms with Crippen molar-refractivity contribution in [1.29, 1.82) is 0 Å². The molecule has 0 bridgehead atoms. The Morgan fingerprint density at radius 3 is 1.97 bits per heavy atom. The summed E-state index contributed by atoms with van der Waals surface area (Å²) >= 11 is 0. The van der Waals surface area contributed by atoms with Crippen LogP contribution in [-0.4, -0.2) is 31.4 Å². The van der Waals surface area contributed by atoms with Gasteiger partial charge in [-0.2, -0.15) is 9.37 Å². The molecule has 150 valence electrons. The Labute approximate surface area is 172 Å². The van der Waals surface area contributed by atoms with Crippen LogP contribution in [0.25, 0.3) is 0 Å². The summed E-state index contributed by atoms with van der Waals surface area (Å²) in [5.41, 5.74) is 2.82. The zero-order valence-corrected chi connectivity index (χ0v) is 17.3. The van der Waals surface area contributed by atoms with E-state index in [-0.39, 0.29) is 17.5 Å². The van der Waals surface area contributed by atoms with Crippen molar-refractivity contribution >= 4 is 10.0 Å². The van der Waals surface area contributed by atoms with E-state index in [0.29, 0.717) is 0 Å². The van der Waals surface area contributed by atoms with E-state index in [1.165, 1.54) is 4.31 Å². The Kier molecular flexibility index (Phi) is 5.52. The van der Waals surface area contributed by atoms with Crippen LogP contribution in [0.5, 0.6) is 0 Å². The SMILES string of the molecule is Cc1ccc(S(=O)(=O)N2C[C@@H](c3ccccc3)ON(C)[C@H]2c2ccccc2)cc1. The molecule has 0 unspecified atom stereocenters. The van der Waals surface area contributed by atoms with Crippen molar-refractivity contribution in [1.82, 2.24) is 9.37 Å². The number of hydrogen-bond donors (Lipinski definition) is 0. The first-order valence-corrected chi connectivity index (χ1v) is 11.0. The summed E-state index contributed by atoms with van der Waals surface area (Å²) in [5.74, 6) is 0. The van der Waals surface area contributed by atoms with Crippen LogP contribution in [0.2, 0.25) is 0 Å². The number of sulfonamides is 1. The lowest BCUT2D eigenvalue weighted by atomic mass is 10.1. The maximum atomic E-state index is 13.6. The lowest BCUT2D eigenvalue weighted by molar-refractivity contribution is -0.265. The Morgan fingerprint density at radius 2 is 1.38 bits per heavy atom. The molecule has 6 heteroatoms. The summed E-state index contributed by atoms with van der Waals surface area (Å²) < 4.78 is 28.8. The first-order chi connectivity index (χ1) is 14.0. The minimum absolute atomic E-state index is 0.226. The highest BCUT2D eigenvalue weighted by Gasteiger charge is 2.42. The Hall–Kier alpha value is -2.51. The van der Waals surface area contributed by atoms with Crippen LogP contribution in [0.15, 0.2) is 89.8 Å². The van der Waals surface area contributed by atoms with Gasteiger partial charge in [-0.25, -0.2) is 8.42 Å². The molecule has 5 nitrogen and oxygen atoms in total. The predicted octanol–water partition coefficient (Wildman–Crippen LogP) is 4.30. The number of hydrogen-bond acceptors (Lipinski definition) is 4. The number of nitrogens with zero attached hydrogens (tertiary/aromatic N) is 2. The van der Waals surface area contributed by atoms with E-state index in [2.05, 4.69) is 0 Å². The number of aryl methyl sites for hydroxylation is 1. The van der Waals surface area contributed by atoms with Crippen LogP contribution in [0.1, 0.15) is 29.0 Å². The van der Waals surface area contributed by atoms with Crippen molar-refractivity contribution in [3.63, 3.8) is 0 Å². The average molecular weight is 409 g/mol. The summed E-state index contributed by atoms with van der Waals surface area (Å²) in [5, 5.41) is 1.64. The van der Waals surface area contributed by atoms with Gasteiger partial charge in [-0.3, -0.25) is 4.84 Å². The van der Waals surface area contributed by atoms with E-state index < -0.39 is 16.2 Å². The first-order valence-electron chi connectivity index (χ1n) is 9.55. The molecule has 0 aliphatic carbocycles. The van der Waals surface area contributed by atoms with Gasteiger partial charge in [0.25, 0.3) is 0 Å². The minimum atomic E-state index is -3.74. The molecule has 1 aliphatic rings. The molecule has 3 aromatic rings. The van der Waals surface area contributed by atoms with Gasteiger partial charge in [0.15, 0.2) is 0 Å². The van der Waals surface area contributed by atoms with Gasteiger partial charge in [0.05, 0.1) is 4.90 Å². The second-order valence-corrected chi connectivity index (χ2v) is 9.11. The highest BCUT2D eigenvalue weighted by Crippen LogP contribution is 2.38. The second-order valence-electron chi connectivity index (χ2n) is 7.22. The standard InChI is InChI=1S/C23H24N2O3S/c1-18-13-15-21(16-14-18)29(26,27)25-17-22(19-9-5-3-6-10-19)28-24(2)23(25)20-11-7-4-8-12-20/h3-16,22-23H,17H2,1-2H3/t22-,23+/m0/s1. The number of hydroxylamine groups is 2. The highest BCUT2D eigenvalue weighted by atomic mass is 32.2. The van der Waals surface area contributed by atoms with E-state index in [0.717, 1.165) is 16.7 Å². The lowest BCUT2D eigenvalue weighted by Crippen LogP contribution is -2.50. The molecule has 0 spiro atoms. The van der Waals surface area contributed by atoms with Gasteiger partial charge in [-0.05, 0) is 30.2 Å². The molecule has 0 radical (unpaired) electrons. The fourth-order valence-corrected chi connectivity index (χ4v) is 5.25. The normalized spacial score (nSPS) is 21.2. The molecule has 3 aromatic carbocycles. The van der Waals surface area contributed by atoms with E-state index in [4.69, 9.17) is 4.84 Å². The molecule has 1 aliphatic heterocycles. The highest BCUT2D eigenvalue weighted by molar-refractivity contribution is 7.89. The second kappa shape index (κ2) is 8.08. The Bertz CT molecular complexity index is 1050. The van der Waals surface area contributed by atoms with E-state index >= 15 is 0 Å². The van der Waals surface area contributed by atoms with Gasteiger partial charge in [0.2, 0.25) is 10.0 Å². The summed E-state index contributed by atoms with van der Waals surface area (Å²) in [4.78, 5) is 6.43. The van der Waals surface area contributed by atoms with Crippen LogP contribution in [-0.2, 0) is 14.9 Å². The van der Waals surface area contributed by atoms with Gasteiger partial charge < -0.3 is 0 Å².